The normalized spacial score (nSPS) is 12.4. The fourth-order valence-corrected chi connectivity index (χ4v) is 2.41. The van der Waals surface area contributed by atoms with E-state index >= 15 is 0 Å². The first-order valence-corrected chi connectivity index (χ1v) is 7.87. The zero-order chi connectivity index (χ0) is 20.3. The second-order valence-electron chi connectivity index (χ2n) is 5.95. The summed E-state index contributed by atoms with van der Waals surface area (Å²) in [6.45, 7) is 2.50. The minimum Gasteiger partial charge on any atom is -0.506 e. The number of hydrogen-bond donors (Lipinski definition) is 2. The molecule has 0 spiro atoms. The lowest BCUT2D eigenvalue weighted by molar-refractivity contribution is -0.121. The molecule has 0 aliphatic carbocycles. The van der Waals surface area contributed by atoms with Crippen LogP contribution in [0.2, 0.25) is 0 Å². The van der Waals surface area contributed by atoms with Crippen molar-refractivity contribution in [2.45, 2.75) is 20.3 Å². The number of ether oxygens (including phenoxy) is 1. The maximum atomic E-state index is 13.3. The molecule has 2 aromatic carbocycles. The molecule has 0 atom stereocenters. The van der Waals surface area contributed by atoms with Gasteiger partial charge in [0.15, 0.2) is 17.3 Å². The number of carbonyl (C=O) groups is 3. The number of ketones is 3. The van der Waals surface area contributed by atoms with Crippen LogP contribution in [0.25, 0.3) is 0 Å². The first-order chi connectivity index (χ1) is 12.6. The average molecular weight is 377 g/mol. The van der Waals surface area contributed by atoms with Crippen LogP contribution in [0.15, 0.2) is 24.3 Å². The Morgan fingerprint density at radius 1 is 1.04 bits per heavy atom. The number of aromatic hydroxyl groups is 1. The van der Waals surface area contributed by atoms with Crippen LogP contribution in [0.4, 0.5) is 14.5 Å². The maximum Gasteiger partial charge on any atom is 0.174 e. The van der Waals surface area contributed by atoms with Gasteiger partial charge < -0.3 is 15.6 Å². The number of phenols is 1. The molecule has 0 saturated carbocycles. The summed E-state index contributed by atoms with van der Waals surface area (Å²) >= 11 is 0. The standard InChI is InChI=1S/C11H9FO3.C8H8FNO2/c1-6(13)9-3-7-2-8(14)5-15-11(7)4-10(9)12;1-4(11)5-2-7(10)8(12)3-6(5)9/h3-4H,2,5H2,1H3;2-3,12H,10H2,1H3. The number of halogens is 2. The third-order valence-corrected chi connectivity index (χ3v) is 3.80. The van der Waals surface area contributed by atoms with E-state index in [0.29, 0.717) is 11.3 Å². The van der Waals surface area contributed by atoms with E-state index in [-0.39, 0.29) is 47.2 Å². The summed E-state index contributed by atoms with van der Waals surface area (Å²) < 4.78 is 31.2. The van der Waals surface area contributed by atoms with E-state index in [4.69, 9.17) is 15.6 Å². The monoisotopic (exact) mass is 377 g/mol. The van der Waals surface area contributed by atoms with Gasteiger partial charge in [0, 0.05) is 24.1 Å². The van der Waals surface area contributed by atoms with Crippen LogP contribution in [0, 0.1) is 11.6 Å². The number of nitrogens with two attached hydrogens (primary N) is 1. The Bertz CT molecular complexity index is 940. The van der Waals surface area contributed by atoms with Gasteiger partial charge in [0.1, 0.15) is 29.7 Å². The summed E-state index contributed by atoms with van der Waals surface area (Å²) in [6.07, 6.45) is 0.204. The Labute approximate surface area is 153 Å². The molecule has 0 aromatic heterocycles. The van der Waals surface area contributed by atoms with E-state index in [1.54, 1.807) is 0 Å². The van der Waals surface area contributed by atoms with Crippen molar-refractivity contribution in [1.29, 1.82) is 0 Å². The highest BCUT2D eigenvalue weighted by Crippen LogP contribution is 2.27. The van der Waals surface area contributed by atoms with Crippen molar-refractivity contribution in [3.05, 3.63) is 52.6 Å². The summed E-state index contributed by atoms with van der Waals surface area (Å²) in [5.41, 5.74) is 5.74. The molecule has 1 heterocycles. The lowest BCUT2D eigenvalue weighted by atomic mass is 10.0. The van der Waals surface area contributed by atoms with Gasteiger partial charge in [-0.2, -0.15) is 0 Å². The highest BCUT2D eigenvalue weighted by Gasteiger charge is 2.20. The second kappa shape index (κ2) is 7.94. The molecule has 3 rings (SSSR count). The Morgan fingerprint density at radius 2 is 1.59 bits per heavy atom. The number of phenolic OH excluding ortho intramolecular Hbond substituents is 1. The molecular weight excluding hydrogens is 360 g/mol. The molecule has 0 radical (unpaired) electrons. The van der Waals surface area contributed by atoms with E-state index in [9.17, 15) is 23.2 Å². The molecule has 1 aliphatic heterocycles. The molecule has 142 valence electrons. The predicted octanol–water partition coefficient (Wildman–Crippen LogP) is 2.85. The highest BCUT2D eigenvalue weighted by molar-refractivity contribution is 5.96. The zero-order valence-electron chi connectivity index (χ0n) is 14.6. The second-order valence-corrected chi connectivity index (χ2v) is 5.95. The van der Waals surface area contributed by atoms with Gasteiger partial charge in [-0.15, -0.1) is 0 Å². The summed E-state index contributed by atoms with van der Waals surface area (Å²) in [5, 5.41) is 8.93. The van der Waals surface area contributed by atoms with E-state index < -0.39 is 17.4 Å². The van der Waals surface area contributed by atoms with Gasteiger partial charge in [-0.05, 0) is 26.0 Å². The molecule has 0 unspecified atom stereocenters. The molecule has 0 fully saturated rings. The lowest BCUT2D eigenvalue weighted by Gasteiger charge is -2.17. The van der Waals surface area contributed by atoms with Crippen LogP contribution in [0.1, 0.15) is 40.1 Å². The third-order valence-electron chi connectivity index (χ3n) is 3.80. The van der Waals surface area contributed by atoms with Crippen LogP contribution >= 0.6 is 0 Å². The number of benzene rings is 2. The average Bonchev–Trinajstić information content (AvgIpc) is 2.58. The van der Waals surface area contributed by atoms with E-state index in [0.717, 1.165) is 12.1 Å². The van der Waals surface area contributed by atoms with Crippen molar-refractivity contribution >= 4 is 23.0 Å². The van der Waals surface area contributed by atoms with E-state index in [1.165, 1.54) is 26.0 Å². The maximum absolute atomic E-state index is 13.3. The van der Waals surface area contributed by atoms with Crippen LogP contribution < -0.4 is 10.5 Å². The number of fused-ring (bicyclic) bond motifs is 1. The molecule has 1 aliphatic rings. The van der Waals surface area contributed by atoms with Crippen molar-refractivity contribution in [2.24, 2.45) is 0 Å². The molecule has 6 nitrogen and oxygen atoms in total. The van der Waals surface area contributed by atoms with Crippen molar-refractivity contribution in [1.82, 2.24) is 0 Å². The summed E-state index contributed by atoms with van der Waals surface area (Å²) in [4.78, 5) is 32.9. The third kappa shape index (κ3) is 4.66. The fourth-order valence-electron chi connectivity index (χ4n) is 2.41. The van der Waals surface area contributed by atoms with E-state index in [1.807, 2.05) is 0 Å². The van der Waals surface area contributed by atoms with Crippen molar-refractivity contribution in [3.63, 3.8) is 0 Å². The predicted molar refractivity (Wildman–Crippen MR) is 93.1 cm³/mol. The summed E-state index contributed by atoms with van der Waals surface area (Å²) in [6, 6.07) is 4.50. The topological polar surface area (TPSA) is 107 Å². The number of carbonyl (C=O) groups excluding carboxylic acids is 3. The number of hydrogen-bond acceptors (Lipinski definition) is 6. The van der Waals surface area contributed by atoms with E-state index in [2.05, 4.69) is 0 Å². The molecule has 27 heavy (non-hydrogen) atoms. The number of Topliss-reactive ketones (excluding diaryl/α,β-unsaturated/α-hetero) is 3. The van der Waals surface area contributed by atoms with Gasteiger partial charge in [0.2, 0.25) is 0 Å². The van der Waals surface area contributed by atoms with Crippen LogP contribution in [-0.4, -0.2) is 29.1 Å². The van der Waals surface area contributed by atoms with Gasteiger partial charge >= 0.3 is 0 Å². The highest BCUT2D eigenvalue weighted by atomic mass is 19.1. The van der Waals surface area contributed by atoms with Gasteiger partial charge in [0.05, 0.1) is 16.8 Å². The molecular formula is C19H17F2NO5. The molecule has 3 N–H and O–H groups in total. The number of rotatable bonds is 2. The van der Waals surface area contributed by atoms with Gasteiger partial charge in [-0.25, -0.2) is 8.78 Å². The first kappa shape index (κ1) is 20.0. The number of anilines is 1. The van der Waals surface area contributed by atoms with Crippen LogP contribution in [-0.2, 0) is 11.2 Å². The molecule has 0 saturated heterocycles. The minimum atomic E-state index is -0.755. The Hall–Kier alpha value is -3.29. The van der Waals surface area contributed by atoms with Crippen LogP contribution in [0.3, 0.4) is 0 Å². The van der Waals surface area contributed by atoms with Crippen LogP contribution in [0.5, 0.6) is 11.5 Å². The summed E-state index contributed by atoms with van der Waals surface area (Å²) in [5.74, 6) is -2.18. The smallest absolute Gasteiger partial charge is 0.174 e. The quantitative estimate of drug-likeness (QED) is 0.473. The largest absolute Gasteiger partial charge is 0.506 e. The van der Waals surface area contributed by atoms with Gasteiger partial charge in [-0.3, -0.25) is 14.4 Å². The molecule has 2 aromatic rings. The Morgan fingerprint density at radius 3 is 2.19 bits per heavy atom. The van der Waals surface area contributed by atoms with Gasteiger partial charge in [-0.1, -0.05) is 0 Å². The molecule has 0 amide bonds. The fraction of sp³-hybridized carbons (Fsp3) is 0.211. The summed E-state index contributed by atoms with van der Waals surface area (Å²) in [7, 11) is 0. The van der Waals surface area contributed by atoms with Crippen molar-refractivity contribution < 1.29 is 33.0 Å². The molecule has 0 bridgehead atoms. The van der Waals surface area contributed by atoms with Gasteiger partial charge in [0.25, 0.3) is 0 Å². The SMILES string of the molecule is CC(=O)c1cc(N)c(O)cc1F.CC(=O)c1cc2c(cc1F)OCC(=O)C2. The Balaban J connectivity index is 0.000000199. The zero-order valence-corrected chi connectivity index (χ0v) is 14.6. The van der Waals surface area contributed by atoms with Crippen molar-refractivity contribution in [2.75, 3.05) is 12.3 Å². The first-order valence-electron chi connectivity index (χ1n) is 7.87. The molecule has 8 heteroatoms. The lowest BCUT2D eigenvalue weighted by Crippen LogP contribution is -2.21. The Kier molecular flexibility index (Phi) is 5.89. The van der Waals surface area contributed by atoms with Crippen molar-refractivity contribution in [3.8, 4) is 11.5 Å². The number of nitrogen functional groups attached to an aromatic ring is 1. The minimum absolute atomic E-state index is 0.00148.